The lowest BCUT2D eigenvalue weighted by Crippen LogP contribution is -2.44. The zero-order valence-electron chi connectivity index (χ0n) is 6.84. The summed E-state index contributed by atoms with van der Waals surface area (Å²) in [5.41, 5.74) is 0.136. The Labute approximate surface area is 66.8 Å². The average Bonchev–Trinajstić information content (AvgIpc) is 2.56. The van der Waals surface area contributed by atoms with Crippen LogP contribution in [-0.4, -0.2) is 36.5 Å². The normalized spacial score (nSPS) is 37.5. The van der Waals surface area contributed by atoms with E-state index in [4.69, 9.17) is 0 Å². The van der Waals surface area contributed by atoms with Crippen LogP contribution in [0, 0.1) is 0 Å². The van der Waals surface area contributed by atoms with Gasteiger partial charge in [-0.15, -0.1) is 0 Å². The molecule has 11 heavy (non-hydrogen) atoms. The second-order valence-electron chi connectivity index (χ2n) is 3.53. The molecule has 0 N–H and O–H groups in total. The van der Waals surface area contributed by atoms with Crippen molar-refractivity contribution in [3.8, 4) is 0 Å². The third kappa shape index (κ3) is 0.872. The summed E-state index contributed by atoms with van der Waals surface area (Å²) in [6.07, 6.45) is 2.83. The Kier molecular flexibility index (Phi) is 1.42. The molecule has 0 aromatic carbocycles. The zero-order chi connectivity index (χ0) is 7.90. The second-order valence-corrected chi connectivity index (χ2v) is 3.53. The van der Waals surface area contributed by atoms with Crippen molar-refractivity contribution >= 4 is 5.91 Å². The molecule has 1 unspecified atom stereocenters. The standard InChI is InChI=1S/C8H13N2O/c1-10-7(11)2-3-8(10)4-5-9-6-8/h2-6H2,1H3. The maximum atomic E-state index is 11.2. The molecule has 1 radical (unpaired) electrons. The molecule has 1 atom stereocenters. The average molecular weight is 153 g/mol. The first-order valence-electron chi connectivity index (χ1n) is 4.15. The predicted octanol–water partition coefficient (Wildman–Crippen LogP) is -0.0145. The molecule has 0 aromatic rings. The summed E-state index contributed by atoms with van der Waals surface area (Å²) in [7, 11) is 1.91. The smallest absolute Gasteiger partial charge is 0.222 e. The van der Waals surface area contributed by atoms with E-state index >= 15 is 0 Å². The first-order valence-corrected chi connectivity index (χ1v) is 4.15. The summed E-state index contributed by atoms with van der Waals surface area (Å²) in [6, 6.07) is 0. The first-order chi connectivity index (χ1) is 5.25. The van der Waals surface area contributed by atoms with Crippen LogP contribution in [0.25, 0.3) is 0 Å². The molecule has 0 aliphatic carbocycles. The van der Waals surface area contributed by atoms with Gasteiger partial charge in [-0.05, 0) is 12.8 Å². The number of likely N-dealkylation sites (tertiary alicyclic amines) is 1. The molecule has 1 amide bonds. The van der Waals surface area contributed by atoms with Gasteiger partial charge in [-0.3, -0.25) is 4.79 Å². The van der Waals surface area contributed by atoms with Crippen LogP contribution in [0.2, 0.25) is 0 Å². The van der Waals surface area contributed by atoms with Crippen LogP contribution >= 0.6 is 0 Å². The van der Waals surface area contributed by atoms with E-state index in [0.717, 1.165) is 32.4 Å². The number of nitrogens with zero attached hydrogens (tertiary/aromatic N) is 2. The largest absolute Gasteiger partial charge is 0.339 e. The van der Waals surface area contributed by atoms with Gasteiger partial charge in [-0.1, -0.05) is 0 Å². The van der Waals surface area contributed by atoms with Crippen molar-refractivity contribution in [3.05, 3.63) is 0 Å². The molecule has 61 valence electrons. The van der Waals surface area contributed by atoms with Gasteiger partial charge in [-0.2, -0.15) is 0 Å². The maximum Gasteiger partial charge on any atom is 0.222 e. The Bertz CT molecular complexity index is 185. The van der Waals surface area contributed by atoms with Gasteiger partial charge in [0.05, 0.1) is 5.54 Å². The van der Waals surface area contributed by atoms with Crippen molar-refractivity contribution in [1.29, 1.82) is 0 Å². The summed E-state index contributed by atoms with van der Waals surface area (Å²) >= 11 is 0. The lowest BCUT2D eigenvalue weighted by molar-refractivity contribution is -0.129. The molecule has 3 nitrogen and oxygen atoms in total. The van der Waals surface area contributed by atoms with Crippen molar-refractivity contribution in [2.75, 3.05) is 20.1 Å². The summed E-state index contributed by atoms with van der Waals surface area (Å²) in [4.78, 5) is 13.1. The Morgan fingerprint density at radius 3 is 2.82 bits per heavy atom. The van der Waals surface area contributed by atoms with E-state index in [2.05, 4.69) is 5.32 Å². The van der Waals surface area contributed by atoms with Crippen molar-refractivity contribution < 1.29 is 4.79 Å². The Hall–Kier alpha value is -0.570. The number of rotatable bonds is 0. The third-order valence-corrected chi connectivity index (χ3v) is 3.03. The number of hydrogen-bond acceptors (Lipinski definition) is 1. The summed E-state index contributed by atoms with van der Waals surface area (Å²) < 4.78 is 0. The minimum atomic E-state index is 0.136. The maximum absolute atomic E-state index is 11.2. The van der Waals surface area contributed by atoms with Crippen LogP contribution in [0.3, 0.4) is 0 Å². The molecule has 0 bridgehead atoms. The molecule has 2 aliphatic rings. The molecule has 0 aromatic heterocycles. The minimum absolute atomic E-state index is 0.136. The number of carbonyl (C=O) groups excluding carboxylic acids is 1. The van der Waals surface area contributed by atoms with Crippen molar-refractivity contribution in [2.45, 2.75) is 24.8 Å². The van der Waals surface area contributed by atoms with Gasteiger partial charge in [0.25, 0.3) is 0 Å². The van der Waals surface area contributed by atoms with E-state index in [9.17, 15) is 4.79 Å². The molecule has 2 rings (SSSR count). The van der Waals surface area contributed by atoms with Crippen LogP contribution in [0.15, 0.2) is 0 Å². The number of amides is 1. The van der Waals surface area contributed by atoms with Gasteiger partial charge in [-0.25, -0.2) is 5.32 Å². The van der Waals surface area contributed by atoms with Gasteiger partial charge in [0.2, 0.25) is 5.91 Å². The predicted molar refractivity (Wildman–Crippen MR) is 41.2 cm³/mol. The van der Waals surface area contributed by atoms with Gasteiger partial charge in [0.15, 0.2) is 0 Å². The van der Waals surface area contributed by atoms with Gasteiger partial charge in [0.1, 0.15) is 0 Å². The van der Waals surface area contributed by atoms with Crippen molar-refractivity contribution in [3.63, 3.8) is 0 Å². The van der Waals surface area contributed by atoms with Crippen LogP contribution in [-0.2, 0) is 4.79 Å². The third-order valence-electron chi connectivity index (χ3n) is 3.03. The SMILES string of the molecule is CN1C(=O)CCC12CC[N]C2. The molecule has 2 aliphatic heterocycles. The van der Waals surface area contributed by atoms with Crippen molar-refractivity contribution in [2.24, 2.45) is 0 Å². The van der Waals surface area contributed by atoms with Crippen molar-refractivity contribution in [1.82, 2.24) is 10.2 Å². The van der Waals surface area contributed by atoms with E-state index in [1.165, 1.54) is 0 Å². The topological polar surface area (TPSA) is 34.4 Å². The number of carbonyl (C=O) groups is 1. The van der Waals surface area contributed by atoms with Gasteiger partial charge < -0.3 is 4.90 Å². The van der Waals surface area contributed by atoms with Crippen LogP contribution in [0.1, 0.15) is 19.3 Å². The highest BCUT2D eigenvalue weighted by molar-refractivity contribution is 5.79. The number of likely N-dealkylation sites (N-methyl/N-ethyl adjacent to an activating group) is 1. The molecule has 0 saturated carbocycles. The second kappa shape index (κ2) is 2.21. The quantitative estimate of drug-likeness (QED) is 0.482. The highest BCUT2D eigenvalue weighted by Gasteiger charge is 2.45. The number of hydrogen-bond donors (Lipinski definition) is 0. The van der Waals surface area contributed by atoms with Crippen LogP contribution in [0.5, 0.6) is 0 Å². The molecule has 1 spiro atoms. The molecular weight excluding hydrogens is 140 g/mol. The fraction of sp³-hybridized carbons (Fsp3) is 0.875. The van der Waals surface area contributed by atoms with Crippen LogP contribution in [0.4, 0.5) is 0 Å². The molecule has 2 heterocycles. The summed E-state index contributed by atoms with van der Waals surface area (Å²) in [6.45, 7) is 1.81. The Balaban J connectivity index is 2.19. The monoisotopic (exact) mass is 153 g/mol. The molecule has 2 saturated heterocycles. The fourth-order valence-electron chi connectivity index (χ4n) is 2.07. The molecular formula is C8H13N2O. The zero-order valence-corrected chi connectivity index (χ0v) is 6.84. The minimum Gasteiger partial charge on any atom is -0.339 e. The molecule has 2 fully saturated rings. The first kappa shape index (κ1) is 7.10. The van der Waals surface area contributed by atoms with E-state index in [0.29, 0.717) is 5.91 Å². The lowest BCUT2D eigenvalue weighted by Gasteiger charge is -2.30. The lowest BCUT2D eigenvalue weighted by atomic mass is 9.96. The van der Waals surface area contributed by atoms with E-state index in [1.54, 1.807) is 0 Å². The van der Waals surface area contributed by atoms with Gasteiger partial charge in [0, 0.05) is 26.6 Å². The van der Waals surface area contributed by atoms with E-state index < -0.39 is 0 Å². The highest BCUT2D eigenvalue weighted by atomic mass is 16.2. The Morgan fingerprint density at radius 2 is 2.36 bits per heavy atom. The Morgan fingerprint density at radius 1 is 1.55 bits per heavy atom. The molecule has 3 heteroatoms. The fourth-order valence-corrected chi connectivity index (χ4v) is 2.07. The van der Waals surface area contributed by atoms with Gasteiger partial charge >= 0.3 is 0 Å². The van der Waals surface area contributed by atoms with Crippen LogP contribution < -0.4 is 5.32 Å². The summed E-state index contributed by atoms with van der Waals surface area (Å²) in [5, 5.41) is 4.31. The van der Waals surface area contributed by atoms with E-state index in [-0.39, 0.29) is 5.54 Å². The summed E-state index contributed by atoms with van der Waals surface area (Å²) in [5.74, 6) is 0.294. The van der Waals surface area contributed by atoms with E-state index in [1.807, 2.05) is 11.9 Å². The highest BCUT2D eigenvalue weighted by Crippen LogP contribution is 2.34.